The lowest BCUT2D eigenvalue weighted by Crippen LogP contribution is -2.45. The Balaban J connectivity index is 1.81. The Labute approximate surface area is 135 Å². The minimum atomic E-state index is -0.424. The molecular formula is C17H22N2O4. The first-order valence-electron chi connectivity index (χ1n) is 7.84. The molecule has 6 heteroatoms. The molecule has 0 spiro atoms. The van der Waals surface area contributed by atoms with Gasteiger partial charge in [-0.05, 0) is 43.4 Å². The van der Waals surface area contributed by atoms with Gasteiger partial charge in [0.15, 0.2) is 0 Å². The minimum Gasteiger partial charge on any atom is -0.465 e. The van der Waals surface area contributed by atoms with Crippen molar-refractivity contribution in [2.75, 3.05) is 13.7 Å². The van der Waals surface area contributed by atoms with Crippen molar-refractivity contribution < 1.29 is 19.1 Å². The Kier molecular flexibility index (Phi) is 6.14. The molecule has 0 unspecified atom stereocenters. The predicted molar refractivity (Wildman–Crippen MR) is 84.9 cm³/mol. The number of rotatable bonds is 5. The van der Waals surface area contributed by atoms with Gasteiger partial charge in [0.25, 0.3) is 0 Å². The maximum atomic E-state index is 12.0. The van der Waals surface area contributed by atoms with Crippen molar-refractivity contribution in [2.45, 2.75) is 38.1 Å². The van der Waals surface area contributed by atoms with Crippen LogP contribution in [0.5, 0.6) is 0 Å². The molecule has 6 nitrogen and oxygen atoms in total. The molecule has 2 N–H and O–H groups in total. The van der Waals surface area contributed by atoms with Crippen molar-refractivity contribution in [3.05, 3.63) is 35.4 Å². The lowest BCUT2D eigenvalue weighted by molar-refractivity contribution is -0.128. The van der Waals surface area contributed by atoms with Crippen LogP contribution in [0, 0.1) is 0 Å². The number of aryl methyl sites for hydroxylation is 1. The summed E-state index contributed by atoms with van der Waals surface area (Å²) in [7, 11) is 1.34. The maximum Gasteiger partial charge on any atom is 0.337 e. The molecule has 1 aromatic carbocycles. The maximum absolute atomic E-state index is 12.0. The molecule has 1 heterocycles. The molecule has 2 amide bonds. The van der Waals surface area contributed by atoms with E-state index < -0.39 is 6.04 Å². The number of carbonyl (C=O) groups is 3. The van der Waals surface area contributed by atoms with Gasteiger partial charge >= 0.3 is 5.97 Å². The standard InChI is InChI=1S/C17H22N2O4/c1-23-17(22)13-8-5-12(6-9-13)7-10-15(20)19-14-4-2-3-11-18-16(14)21/h5-6,8-9,14H,2-4,7,10-11H2,1H3,(H,18,21)(H,19,20)/t14-/m1/s1. The van der Waals surface area contributed by atoms with Gasteiger partial charge < -0.3 is 15.4 Å². The van der Waals surface area contributed by atoms with Gasteiger partial charge in [-0.3, -0.25) is 9.59 Å². The highest BCUT2D eigenvalue weighted by atomic mass is 16.5. The molecule has 1 fully saturated rings. The topological polar surface area (TPSA) is 84.5 Å². The SMILES string of the molecule is COC(=O)c1ccc(CCC(=O)N[C@@H]2CCCCNC2=O)cc1. The van der Waals surface area contributed by atoms with E-state index in [1.54, 1.807) is 24.3 Å². The van der Waals surface area contributed by atoms with Crippen LogP contribution in [0.4, 0.5) is 0 Å². The quantitative estimate of drug-likeness (QED) is 0.799. The second-order valence-electron chi connectivity index (χ2n) is 5.60. The van der Waals surface area contributed by atoms with Gasteiger partial charge in [-0.15, -0.1) is 0 Å². The third kappa shape index (κ3) is 5.09. The van der Waals surface area contributed by atoms with Crippen LogP contribution >= 0.6 is 0 Å². The molecule has 0 saturated carbocycles. The lowest BCUT2D eigenvalue weighted by atomic mass is 10.1. The van der Waals surface area contributed by atoms with Gasteiger partial charge in [-0.1, -0.05) is 12.1 Å². The number of carbonyl (C=O) groups excluding carboxylic acids is 3. The van der Waals surface area contributed by atoms with Crippen molar-refractivity contribution in [2.24, 2.45) is 0 Å². The van der Waals surface area contributed by atoms with Crippen molar-refractivity contribution in [3.63, 3.8) is 0 Å². The summed E-state index contributed by atoms with van der Waals surface area (Å²) < 4.78 is 4.64. The smallest absolute Gasteiger partial charge is 0.337 e. The van der Waals surface area contributed by atoms with Crippen LogP contribution in [0.1, 0.15) is 41.6 Å². The van der Waals surface area contributed by atoms with E-state index in [-0.39, 0.29) is 17.8 Å². The van der Waals surface area contributed by atoms with E-state index in [4.69, 9.17) is 0 Å². The summed E-state index contributed by atoms with van der Waals surface area (Å²) >= 11 is 0. The number of esters is 1. The minimum absolute atomic E-state index is 0.0988. The van der Waals surface area contributed by atoms with E-state index in [2.05, 4.69) is 15.4 Å². The first-order chi connectivity index (χ1) is 11.1. The normalized spacial score (nSPS) is 17.8. The predicted octanol–water partition coefficient (Wildman–Crippen LogP) is 1.19. The number of hydrogen-bond donors (Lipinski definition) is 2. The van der Waals surface area contributed by atoms with Crippen LogP contribution in [0.3, 0.4) is 0 Å². The number of benzene rings is 1. The third-order valence-electron chi connectivity index (χ3n) is 3.89. The van der Waals surface area contributed by atoms with Gasteiger partial charge in [0.1, 0.15) is 6.04 Å². The van der Waals surface area contributed by atoms with E-state index in [0.717, 1.165) is 18.4 Å². The highest BCUT2D eigenvalue weighted by molar-refractivity contribution is 5.89. The largest absolute Gasteiger partial charge is 0.465 e. The van der Waals surface area contributed by atoms with Crippen molar-refractivity contribution in [3.8, 4) is 0 Å². The van der Waals surface area contributed by atoms with Crippen molar-refractivity contribution >= 4 is 17.8 Å². The van der Waals surface area contributed by atoms with Gasteiger partial charge in [0.05, 0.1) is 12.7 Å². The second-order valence-corrected chi connectivity index (χ2v) is 5.60. The number of amides is 2. The van der Waals surface area contributed by atoms with E-state index in [1.807, 2.05) is 0 Å². The zero-order chi connectivity index (χ0) is 16.7. The van der Waals surface area contributed by atoms with E-state index in [9.17, 15) is 14.4 Å². The summed E-state index contributed by atoms with van der Waals surface area (Å²) in [6.45, 7) is 0.678. The number of methoxy groups -OCH3 is 1. The van der Waals surface area contributed by atoms with Gasteiger partial charge in [0, 0.05) is 13.0 Å². The van der Waals surface area contributed by atoms with Crippen LogP contribution in [-0.4, -0.2) is 37.5 Å². The molecule has 23 heavy (non-hydrogen) atoms. The lowest BCUT2D eigenvalue weighted by Gasteiger charge is -2.15. The summed E-state index contributed by atoms with van der Waals surface area (Å²) in [4.78, 5) is 35.1. The fourth-order valence-electron chi connectivity index (χ4n) is 2.53. The molecule has 1 atom stereocenters. The van der Waals surface area contributed by atoms with Crippen LogP contribution in [0.2, 0.25) is 0 Å². The van der Waals surface area contributed by atoms with Crippen LogP contribution in [0.25, 0.3) is 0 Å². The Bertz CT molecular complexity index is 568. The third-order valence-corrected chi connectivity index (χ3v) is 3.89. The fraction of sp³-hybridized carbons (Fsp3) is 0.471. The van der Waals surface area contributed by atoms with E-state index in [1.165, 1.54) is 7.11 Å². The molecule has 0 aromatic heterocycles. The van der Waals surface area contributed by atoms with E-state index in [0.29, 0.717) is 31.4 Å². The first kappa shape index (κ1) is 17.0. The molecule has 1 aromatic rings. The number of hydrogen-bond acceptors (Lipinski definition) is 4. The average molecular weight is 318 g/mol. The molecular weight excluding hydrogens is 296 g/mol. The Morgan fingerprint density at radius 2 is 2.00 bits per heavy atom. The molecule has 1 aliphatic heterocycles. The monoisotopic (exact) mass is 318 g/mol. The number of ether oxygens (including phenoxy) is 1. The van der Waals surface area contributed by atoms with Gasteiger partial charge in [-0.2, -0.15) is 0 Å². The molecule has 0 radical (unpaired) electrons. The number of nitrogens with one attached hydrogen (secondary N) is 2. The molecule has 2 rings (SSSR count). The first-order valence-corrected chi connectivity index (χ1v) is 7.84. The fourth-order valence-corrected chi connectivity index (χ4v) is 2.53. The molecule has 0 bridgehead atoms. The summed E-state index contributed by atoms with van der Waals surface area (Å²) in [5, 5.41) is 5.59. The molecule has 124 valence electrons. The zero-order valence-corrected chi connectivity index (χ0v) is 13.3. The highest BCUT2D eigenvalue weighted by Gasteiger charge is 2.21. The van der Waals surface area contributed by atoms with Crippen LogP contribution < -0.4 is 10.6 Å². The van der Waals surface area contributed by atoms with Crippen LogP contribution in [0.15, 0.2) is 24.3 Å². The summed E-state index contributed by atoms with van der Waals surface area (Å²) in [6.07, 6.45) is 3.43. The van der Waals surface area contributed by atoms with Crippen LogP contribution in [-0.2, 0) is 20.7 Å². The molecule has 0 aliphatic carbocycles. The van der Waals surface area contributed by atoms with Crippen molar-refractivity contribution in [1.29, 1.82) is 0 Å². The molecule has 1 aliphatic rings. The van der Waals surface area contributed by atoms with Gasteiger partial charge in [-0.25, -0.2) is 4.79 Å². The Hall–Kier alpha value is -2.37. The summed E-state index contributed by atoms with van der Waals surface area (Å²) in [5.74, 6) is -0.615. The second kappa shape index (κ2) is 8.31. The highest BCUT2D eigenvalue weighted by Crippen LogP contribution is 2.09. The van der Waals surface area contributed by atoms with E-state index >= 15 is 0 Å². The molecule has 1 saturated heterocycles. The Morgan fingerprint density at radius 1 is 1.26 bits per heavy atom. The Morgan fingerprint density at radius 3 is 2.70 bits per heavy atom. The average Bonchev–Trinajstić information content (AvgIpc) is 2.77. The summed E-state index contributed by atoms with van der Waals surface area (Å²) in [5.41, 5.74) is 1.44. The zero-order valence-electron chi connectivity index (χ0n) is 13.3. The van der Waals surface area contributed by atoms with Gasteiger partial charge in [0.2, 0.25) is 11.8 Å². The van der Waals surface area contributed by atoms with Crippen molar-refractivity contribution in [1.82, 2.24) is 10.6 Å². The summed E-state index contributed by atoms with van der Waals surface area (Å²) in [6, 6.07) is 6.54.